The Balaban J connectivity index is 1.45. The Morgan fingerprint density at radius 3 is 2.63 bits per heavy atom. The number of ether oxygens (including phenoxy) is 1. The van der Waals surface area contributed by atoms with E-state index in [9.17, 15) is 15.2 Å². The van der Waals surface area contributed by atoms with Crippen LogP contribution >= 0.6 is 0 Å². The predicted octanol–water partition coefficient (Wildman–Crippen LogP) is 3.95. The van der Waals surface area contributed by atoms with E-state index in [1.54, 1.807) is 18.0 Å². The van der Waals surface area contributed by atoms with Crippen LogP contribution in [0.2, 0.25) is 0 Å². The Labute approximate surface area is 241 Å². The lowest BCUT2D eigenvalue weighted by Gasteiger charge is -2.38. The van der Waals surface area contributed by atoms with Crippen LogP contribution in [0.4, 0.5) is 5.95 Å². The van der Waals surface area contributed by atoms with E-state index in [4.69, 9.17) is 9.84 Å². The molecule has 1 amide bonds. The first-order valence-corrected chi connectivity index (χ1v) is 14.6. The Morgan fingerprint density at radius 2 is 1.98 bits per heavy atom. The third kappa shape index (κ3) is 5.81. The highest BCUT2D eigenvalue weighted by molar-refractivity contribution is 5.85. The van der Waals surface area contributed by atoms with Gasteiger partial charge in [-0.25, -0.2) is 9.50 Å². The van der Waals surface area contributed by atoms with Crippen molar-refractivity contribution in [2.75, 3.05) is 32.1 Å². The minimum Gasteiger partial charge on any atom is -0.393 e. The van der Waals surface area contributed by atoms with Crippen molar-refractivity contribution in [3.05, 3.63) is 30.4 Å². The van der Waals surface area contributed by atoms with Crippen molar-refractivity contribution >= 4 is 17.4 Å². The molecule has 0 bridgehead atoms. The molecule has 3 aromatic rings. The summed E-state index contributed by atoms with van der Waals surface area (Å²) in [6.07, 6.45) is 9.99. The number of carbonyl (C=O) groups excluding carboxylic acids is 1. The number of nitriles is 1. The van der Waals surface area contributed by atoms with E-state index in [2.05, 4.69) is 27.5 Å². The Morgan fingerprint density at radius 1 is 1.27 bits per heavy atom. The van der Waals surface area contributed by atoms with Crippen molar-refractivity contribution in [2.45, 2.75) is 89.8 Å². The van der Waals surface area contributed by atoms with Crippen LogP contribution in [0, 0.1) is 16.7 Å². The molecule has 1 saturated heterocycles. The number of carbonyl (C=O) groups is 1. The van der Waals surface area contributed by atoms with Gasteiger partial charge in [-0.15, -0.1) is 5.10 Å². The van der Waals surface area contributed by atoms with Gasteiger partial charge in [-0.3, -0.25) is 9.48 Å². The van der Waals surface area contributed by atoms with Crippen LogP contribution in [-0.2, 0) is 15.1 Å². The molecule has 2 aliphatic rings. The fourth-order valence-electron chi connectivity index (χ4n) is 6.05. The molecule has 1 aliphatic carbocycles. The number of anilines is 1. The van der Waals surface area contributed by atoms with Gasteiger partial charge < -0.3 is 20.1 Å². The fraction of sp³-hybridized carbons (Fsp3) is 0.633. The second kappa shape index (κ2) is 11.4. The average molecular weight is 563 g/mol. The summed E-state index contributed by atoms with van der Waals surface area (Å²) >= 11 is 0. The molecule has 11 heteroatoms. The largest absolute Gasteiger partial charge is 0.393 e. The first-order chi connectivity index (χ1) is 19.5. The number of piperidine rings is 1. The highest BCUT2D eigenvalue weighted by Crippen LogP contribution is 2.38. The lowest BCUT2D eigenvalue weighted by molar-refractivity contribution is -0.141. The highest BCUT2D eigenvalue weighted by atomic mass is 16.5. The van der Waals surface area contributed by atoms with E-state index in [-0.39, 0.29) is 29.4 Å². The van der Waals surface area contributed by atoms with Gasteiger partial charge in [0.1, 0.15) is 5.54 Å². The van der Waals surface area contributed by atoms with Gasteiger partial charge in [-0.1, -0.05) is 0 Å². The molecule has 220 valence electrons. The van der Waals surface area contributed by atoms with Crippen LogP contribution in [0.5, 0.6) is 0 Å². The maximum absolute atomic E-state index is 13.6. The first kappa shape index (κ1) is 29.0. The van der Waals surface area contributed by atoms with Crippen LogP contribution in [0.3, 0.4) is 0 Å². The number of nitrogens with zero attached hydrogens (tertiary/aromatic N) is 7. The third-order valence-corrected chi connectivity index (χ3v) is 8.87. The number of fused-ring (bicyclic) bond motifs is 1. The summed E-state index contributed by atoms with van der Waals surface area (Å²) in [5, 5.41) is 32.4. The van der Waals surface area contributed by atoms with Gasteiger partial charge in [0.15, 0.2) is 0 Å². The summed E-state index contributed by atoms with van der Waals surface area (Å²) in [7, 11) is 1.67. The number of methoxy groups -OCH3 is 1. The van der Waals surface area contributed by atoms with Gasteiger partial charge in [0.25, 0.3) is 0 Å². The molecule has 0 radical (unpaired) electrons. The Bertz CT molecular complexity index is 1420. The molecular weight excluding hydrogens is 520 g/mol. The van der Waals surface area contributed by atoms with Crippen molar-refractivity contribution < 1.29 is 14.6 Å². The summed E-state index contributed by atoms with van der Waals surface area (Å²) in [5.74, 6) is 0.794. The summed E-state index contributed by atoms with van der Waals surface area (Å²) in [6, 6.07) is 4.62. The number of likely N-dealkylation sites (tertiary alicyclic amines) is 1. The second-order valence-electron chi connectivity index (χ2n) is 12.6. The quantitative estimate of drug-likeness (QED) is 0.422. The first-order valence-electron chi connectivity index (χ1n) is 14.6. The van der Waals surface area contributed by atoms with Gasteiger partial charge in [0, 0.05) is 55.2 Å². The zero-order chi connectivity index (χ0) is 29.4. The number of aromatic nitrogens is 5. The lowest BCUT2D eigenvalue weighted by Crippen LogP contribution is -2.51. The third-order valence-electron chi connectivity index (χ3n) is 8.87. The molecule has 2 N–H and O–H groups in total. The van der Waals surface area contributed by atoms with Gasteiger partial charge in [-0.05, 0) is 72.3 Å². The summed E-state index contributed by atoms with van der Waals surface area (Å²) in [4.78, 5) is 20.1. The number of hydrogen-bond donors (Lipinski definition) is 2. The maximum Gasteiger partial charge on any atom is 0.249 e. The molecule has 4 heterocycles. The minimum absolute atomic E-state index is 0.000408. The molecule has 0 spiro atoms. The smallest absolute Gasteiger partial charge is 0.249 e. The van der Waals surface area contributed by atoms with Crippen LogP contribution in [0.15, 0.2) is 24.7 Å². The topological polar surface area (TPSA) is 134 Å². The maximum atomic E-state index is 13.6. The van der Waals surface area contributed by atoms with Crippen LogP contribution in [0.1, 0.15) is 77.8 Å². The van der Waals surface area contributed by atoms with Gasteiger partial charge in [-0.2, -0.15) is 10.4 Å². The Hall–Kier alpha value is -3.49. The molecule has 41 heavy (non-hydrogen) atoms. The molecule has 5 rings (SSSR count). The van der Waals surface area contributed by atoms with Gasteiger partial charge in [0.05, 0.1) is 42.1 Å². The van der Waals surface area contributed by atoms with E-state index < -0.39 is 5.54 Å². The molecule has 1 atom stereocenters. The van der Waals surface area contributed by atoms with Crippen molar-refractivity contribution in [1.29, 1.82) is 5.26 Å². The fourth-order valence-corrected chi connectivity index (χ4v) is 6.05. The van der Waals surface area contributed by atoms with Crippen molar-refractivity contribution in [2.24, 2.45) is 5.41 Å². The molecule has 1 saturated carbocycles. The number of rotatable bonds is 8. The molecule has 11 nitrogen and oxygen atoms in total. The number of amides is 1. The molecule has 1 aliphatic heterocycles. The van der Waals surface area contributed by atoms with Crippen LogP contribution in [0.25, 0.3) is 16.6 Å². The predicted molar refractivity (Wildman–Crippen MR) is 155 cm³/mol. The van der Waals surface area contributed by atoms with E-state index in [0.29, 0.717) is 38.5 Å². The molecular formula is C30H42N8O3. The van der Waals surface area contributed by atoms with Crippen molar-refractivity contribution in [3.63, 3.8) is 0 Å². The Kier molecular flexibility index (Phi) is 8.08. The van der Waals surface area contributed by atoms with E-state index >= 15 is 0 Å². The lowest BCUT2D eigenvalue weighted by atomic mass is 9.81. The highest BCUT2D eigenvalue weighted by Gasteiger charge is 2.39. The SMILES string of the molecule is COC[C@H](C)Nc1ncc2c(-c3cnn(C(C)(C)C(=O)N4CCC(C)(C#N)CC4)c3)cc(C3CCC(O)CC3)n2n1. The minimum atomic E-state index is -0.887. The van der Waals surface area contributed by atoms with Gasteiger partial charge in [0.2, 0.25) is 11.9 Å². The average Bonchev–Trinajstić information content (AvgIpc) is 3.59. The number of aliphatic hydroxyl groups is 1. The summed E-state index contributed by atoms with van der Waals surface area (Å²) < 4.78 is 8.97. The standard InChI is InChI=1S/C30H42N8O3/c1-20(18-41-5)34-28-32-16-26-24(14-25(38(26)35-28)21-6-8-23(39)9-7-21)22-15-33-37(17-22)29(2,3)27(40)36-12-10-30(4,19-31)11-13-36/h14-17,20-21,23,39H,6-13,18H2,1-5H3,(H,34,35)/t20-,21?,23?/m0/s1. The summed E-state index contributed by atoms with van der Waals surface area (Å²) in [6.45, 7) is 9.45. The second-order valence-corrected chi connectivity index (χ2v) is 12.6. The molecule has 0 unspecified atom stereocenters. The van der Waals surface area contributed by atoms with Crippen LogP contribution < -0.4 is 5.32 Å². The molecule has 0 aromatic carbocycles. The monoisotopic (exact) mass is 562 g/mol. The van der Waals surface area contributed by atoms with E-state index in [1.165, 1.54) is 0 Å². The zero-order valence-corrected chi connectivity index (χ0v) is 24.8. The number of hydrogen-bond acceptors (Lipinski definition) is 8. The van der Waals surface area contributed by atoms with E-state index in [1.807, 2.05) is 49.5 Å². The van der Waals surface area contributed by atoms with E-state index in [0.717, 1.165) is 48.0 Å². The normalized spacial score (nSPS) is 21.9. The molecule has 2 fully saturated rings. The zero-order valence-electron chi connectivity index (χ0n) is 24.8. The molecule has 3 aromatic heterocycles. The van der Waals surface area contributed by atoms with Crippen molar-refractivity contribution in [3.8, 4) is 17.2 Å². The van der Waals surface area contributed by atoms with Crippen molar-refractivity contribution in [1.82, 2.24) is 29.3 Å². The summed E-state index contributed by atoms with van der Waals surface area (Å²) in [5.41, 5.74) is 2.54. The number of nitrogens with one attached hydrogen (secondary N) is 1. The van der Waals surface area contributed by atoms with Gasteiger partial charge >= 0.3 is 0 Å². The van der Waals surface area contributed by atoms with Crippen LogP contribution in [-0.4, -0.2) is 79.2 Å². The number of aliphatic hydroxyl groups excluding tert-OH is 1.